The number of carbonyl (C=O) groups is 2. The first-order valence-electron chi connectivity index (χ1n) is 15.4. The standard InChI is InChI=1S/C18H18N4O3S.C16H17N5O3S/c1-13-4-3-5-16(10-13)26(24,25)22-9-8-17(21-22)18(23)20-12-15-7-6-14(2)11-19-15;1-12-4-3-5-14(8-12)25(23,24)21-7-6-15(19-21)16(22)17-9-13-10-18-20(2)11-13/h3-11H,12H2,1-2H3,(H,20,23);3-8,10-11H,9H2,1-2H3,(H,17,22). The van der Waals surface area contributed by atoms with Gasteiger partial charge in [-0.1, -0.05) is 30.3 Å². The number of hydrogen-bond acceptors (Lipinski definition) is 10. The highest BCUT2D eigenvalue weighted by atomic mass is 32.2. The zero-order valence-corrected chi connectivity index (χ0v) is 29.8. The average Bonchev–Trinajstić information content (AvgIpc) is 3.89. The van der Waals surface area contributed by atoms with E-state index in [0.29, 0.717) is 5.69 Å². The van der Waals surface area contributed by atoms with Crippen LogP contribution < -0.4 is 10.6 Å². The van der Waals surface area contributed by atoms with E-state index in [0.717, 1.165) is 30.4 Å². The number of aromatic nitrogens is 7. The Bertz CT molecular complexity index is 2400. The fourth-order valence-electron chi connectivity index (χ4n) is 4.59. The van der Waals surface area contributed by atoms with Crippen molar-refractivity contribution in [2.75, 3.05) is 0 Å². The number of amides is 2. The summed E-state index contributed by atoms with van der Waals surface area (Å²) in [7, 11) is -5.88. The van der Waals surface area contributed by atoms with Gasteiger partial charge in [-0.3, -0.25) is 19.3 Å². The first-order chi connectivity index (χ1) is 24.2. The first kappa shape index (κ1) is 36.3. The van der Waals surface area contributed by atoms with Gasteiger partial charge in [-0.05, 0) is 79.9 Å². The van der Waals surface area contributed by atoms with Gasteiger partial charge < -0.3 is 10.6 Å². The fourth-order valence-corrected chi connectivity index (χ4v) is 7.03. The minimum Gasteiger partial charge on any atom is -0.346 e. The van der Waals surface area contributed by atoms with Crippen molar-refractivity contribution in [2.45, 2.75) is 43.7 Å². The van der Waals surface area contributed by atoms with Crippen molar-refractivity contribution in [3.63, 3.8) is 0 Å². The van der Waals surface area contributed by atoms with E-state index in [4.69, 9.17) is 0 Å². The van der Waals surface area contributed by atoms with E-state index in [1.54, 1.807) is 80.6 Å². The van der Waals surface area contributed by atoms with Crippen LogP contribution in [0.2, 0.25) is 0 Å². The lowest BCUT2D eigenvalue weighted by Gasteiger charge is -2.05. The summed E-state index contributed by atoms with van der Waals surface area (Å²) in [5.41, 5.74) is 4.26. The number of carbonyl (C=O) groups excluding carboxylic acids is 2. The maximum Gasteiger partial charge on any atom is 0.282 e. The number of nitrogens with one attached hydrogen (secondary N) is 2. The summed E-state index contributed by atoms with van der Waals surface area (Å²) in [4.78, 5) is 28.8. The van der Waals surface area contributed by atoms with Crippen LogP contribution in [0.3, 0.4) is 0 Å². The van der Waals surface area contributed by atoms with Gasteiger partial charge in [-0.15, -0.1) is 0 Å². The lowest BCUT2D eigenvalue weighted by atomic mass is 10.2. The van der Waals surface area contributed by atoms with Crippen molar-refractivity contribution >= 4 is 31.9 Å². The van der Waals surface area contributed by atoms with Gasteiger partial charge in [0.25, 0.3) is 31.9 Å². The summed E-state index contributed by atoms with van der Waals surface area (Å²) >= 11 is 0. The third kappa shape index (κ3) is 9.00. The third-order valence-corrected chi connectivity index (χ3v) is 10.4. The van der Waals surface area contributed by atoms with Crippen LogP contribution in [0.1, 0.15) is 48.9 Å². The van der Waals surface area contributed by atoms with Crippen molar-refractivity contribution in [1.82, 2.24) is 43.8 Å². The number of nitrogens with zero attached hydrogens (tertiary/aromatic N) is 7. The molecule has 4 aromatic heterocycles. The quantitative estimate of drug-likeness (QED) is 0.212. The second kappa shape index (κ2) is 15.3. The molecule has 6 aromatic rings. The van der Waals surface area contributed by atoms with Gasteiger partial charge in [0.1, 0.15) is 0 Å². The SMILES string of the molecule is Cc1ccc(CNC(=O)c2ccn(S(=O)(=O)c3cccc(C)c3)n2)nc1.Cc1cccc(S(=O)(=O)n2ccc(C(=O)NCc3cnn(C)c3)n2)c1. The molecule has 0 fully saturated rings. The molecule has 0 unspecified atom stereocenters. The van der Waals surface area contributed by atoms with Crippen LogP contribution in [0.25, 0.3) is 0 Å². The molecule has 0 saturated heterocycles. The molecule has 6 rings (SSSR count). The summed E-state index contributed by atoms with van der Waals surface area (Å²) in [5.74, 6) is -0.924. The summed E-state index contributed by atoms with van der Waals surface area (Å²) in [6.45, 7) is 6.05. The van der Waals surface area contributed by atoms with Gasteiger partial charge in [-0.25, -0.2) is 0 Å². The Kier molecular flexibility index (Phi) is 10.9. The lowest BCUT2D eigenvalue weighted by Crippen LogP contribution is -2.24. The molecule has 0 aliphatic rings. The number of rotatable bonds is 10. The Morgan fingerprint density at radius 3 is 1.65 bits per heavy atom. The predicted octanol–water partition coefficient (Wildman–Crippen LogP) is 3.15. The largest absolute Gasteiger partial charge is 0.346 e. The topological polar surface area (TPSA) is 193 Å². The van der Waals surface area contributed by atoms with Crippen molar-refractivity contribution in [3.05, 3.63) is 143 Å². The predicted molar refractivity (Wildman–Crippen MR) is 187 cm³/mol. The molecular formula is C34H35N9O6S2. The normalized spacial score (nSPS) is 11.4. The number of hydrogen-bond donors (Lipinski definition) is 2. The Morgan fingerprint density at radius 1 is 0.667 bits per heavy atom. The Labute approximate surface area is 295 Å². The second-order valence-electron chi connectivity index (χ2n) is 11.5. The molecule has 51 heavy (non-hydrogen) atoms. The van der Waals surface area contributed by atoms with Gasteiger partial charge in [0, 0.05) is 43.9 Å². The molecule has 0 aliphatic heterocycles. The molecule has 0 bridgehead atoms. The van der Waals surface area contributed by atoms with E-state index in [1.165, 1.54) is 36.7 Å². The molecule has 0 spiro atoms. The Hall–Kier alpha value is -5.94. The maximum absolute atomic E-state index is 12.6. The fraction of sp³-hybridized carbons (Fsp3) is 0.176. The van der Waals surface area contributed by atoms with Gasteiger partial charge >= 0.3 is 0 Å². The third-order valence-electron chi connectivity index (χ3n) is 7.28. The molecule has 4 heterocycles. The summed E-state index contributed by atoms with van der Waals surface area (Å²) in [6.07, 6.45) is 7.65. The van der Waals surface area contributed by atoms with E-state index >= 15 is 0 Å². The van der Waals surface area contributed by atoms with Crippen LogP contribution in [0, 0.1) is 20.8 Å². The second-order valence-corrected chi connectivity index (χ2v) is 15.1. The highest BCUT2D eigenvalue weighted by molar-refractivity contribution is 7.90. The molecule has 0 atom stereocenters. The van der Waals surface area contributed by atoms with Crippen LogP contribution in [0.15, 0.2) is 114 Å². The minimum absolute atomic E-state index is 0.0216. The van der Waals surface area contributed by atoms with Crippen LogP contribution >= 0.6 is 0 Å². The van der Waals surface area contributed by atoms with E-state index < -0.39 is 31.9 Å². The maximum atomic E-state index is 12.6. The van der Waals surface area contributed by atoms with Crippen molar-refractivity contribution < 1.29 is 26.4 Å². The Morgan fingerprint density at radius 2 is 1.20 bits per heavy atom. The van der Waals surface area contributed by atoms with Crippen molar-refractivity contribution in [3.8, 4) is 0 Å². The molecular weight excluding hydrogens is 695 g/mol. The molecule has 0 aliphatic carbocycles. The molecule has 264 valence electrons. The molecule has 0 saturated carbocycles. The number of benzene rings is 2. The average molecular weight is 730 g/mol. The van der Waals surface area contributed by atoms with Crippen LogP contribution in [0.4, 0.5) is 0 Å². The van der Waals surface area contributed by atoms with E-state index in [-0.39, 0.29) is 34.3 Å². The lowest BCUT2D eigenvalue weighted by molar-refractivity contribution is 0.0937. The van der Waals surface area contributed by atoms with E-state index in [2.05, 4.69) is 30.9 Å². The molecule has 2 aromatic carbocycles. The zero-order valence-electron chi connectivity index (χ0n) is 28.1. The number of pyridine rings is 1. The highest BCUT2D eigenvalue weighted by Crippen LogP contribution is 2.16. The molecule has 2 N–H and O–H groups in total. The zero-order chi connectivity index (χ0) is 36.8. The van der Waals surface area contributed by atoms with Crippen LogP contribution in [-0.2, 0) is 40.2 Å². The molecule has 2 amide bonds. The van der Waals surface area contributed by atoms with E-state index in [9.17, 15) is 26.4 Å². The van der Waals surface area contributed by atoms with Crippen LogP contribution in [0.5, 0.6) is 0 Å². The van der Waals surface area contributed by atoms with Gasteiger partial charge in [-0.2, -0.15) is 40.3 Å². The van der Waals surface area contributed by atoms with Crippen molar-refractivity contribution in [1.29, 1.82) is 0 Å². The van der Waals surface area contributed by atoms with Crippen LogP contribution in [-0.4, -0.2) is 61.8 Å². The van der Waals surface area contributed by atoms with E-state index in [1.807, 2.05) is 19.1 Å². The Balaban J connectivity index is 0.000000198. The molecule has 0 radical (unpaired) electrons. The summed E-state index contributed by atoms with van der Waals surface area (Å²) in [5, 5.41) is 17.2. The van der Waals surface area contributed by atoms with Crippen molar-refractivity contribution in [2.24, 2.45) is 7.05 Å². The smallest absolute Gasteiger partial charge is 0.282 e. The van der Waals surface area contributed by atoms with Gasteiger partial charge in [0.2, 0.25) is 0 Å². The van der Waals surface area contributed by atoms with Gasteiger partial charge in [0.05, 0.1) is 28.2 Å². The number of aryl methyl sites for hydroxylation is 4. The molecule has 17 heteroatoms. The minimum atomic E-state index is -3.83. The monoisotopic (exact) mass is 729 g/mol. The highest BCUT2D eigenvalue weighted by Gasteiger charge is 2.21. The van der Waals surface area contributed by atoms with Gasteiger partial charge in [0.15, 0.2) is 11.4 Å². The molecule has 15 nitrogen and oxygen atoms in total. The summed E-state index contributed by atoms with van der Waals surface area (Å²) in [6, 6.07) is 19.5. The summed E-state index contributed by atoms with van der Waals surface area (Å²) < 4.78 is 53.5. The first-order valence-corrected chi connectivity index (χ1v) is 18.3.